The number of nitrogens with zero attached hydrogens (tertiary/aromatic N) is 3. The average Bonchev–Trinajstić information content (AvgIpc) is 2.61. The van der Waals surface area contributed by atoms with E-state index in [4.69, 9.17) is 16.3 Å². The van der Waals surface area contributed by atoms with Gasteiger partial charge in [-0.25, -0.2) is 10.4 Å². The highest BCUT2D eigenvalue weighted by Gasteiger charge is 2.07. The summed E-state index contributed by atoms with van der Waals surface area (Å²) >= 11 is 6.00. The summed E-state index contributed by atoms with van der Waals surface area (Å²) in [6, 6.07) is 10.4. The minimum Gasteiger partial charge on any atom is -0.481 e. The summed E-state index contributed by atoms with van der Waals surface area (Å²) in [5, 5.41) is 5.42. The first-order valence-electron chi connectivity index (χ1n) is 7.05. The van der Waals surface area contributed by atoms with Crippen LogP contribution >= 0.6 is 11.6 Å². The molecule has 0 aliphatic heterocycles. The van der Waals surface area contributed by atoms with Crippen molar-refractivity contribution in [2.45, 2.75) is 0 Å². The molecule has 0 unspecified atom stereocenters. The third-order valence-corrected chi connectivity index (χ3v) is 3.51. The maximum atomic E-state index is 11.9. The number of nitrogens with one attached hydrogen (secondary N) is 1. The second-order valence-electron chi connectivity index (χ2n) is 4.86. The van der Waals surface area contributed by atoms with E-state index in [0.717, 1.165) is 10.9 Å². The van der Waals surface area contributed by atoms with Crippen molar-refractivity contribution in [3.05, 3.63) is 64.9 Å². The summed E-state index contributed by atoms with van der Waals surface area (Å²) in [6.07, 6.45) is 4.56. The monoisotopic (exact) mass is 340 g/mol. The minimum atomic E-state index is -0.329. The molecule has 0 aliphatic rings. The first-order valence-corrected chi connectivity index (χ1v) is 7.43. The molecular formula is C17H13ClN4O2. The third-order valence-electron chi connectivity index (χ3n) is 3.28. The van der Waals surface area contributed by atoms with Gasteiger partial charge in [0.05, 0.1) is 24.4 Å². The number of hydrazone groups is 1. The standard InChI is InChI=1S/C17H13ClN4O2/c1-24-17-13(8-12-9-14(18)2-3-15(12)21-17)10-20-22-16(23)11-4-6-19-7-5-11/h2-10H,1H3,(H,22,23). The van der Waals surface area contributed by atoms with Crippen LogP contribution in [0.5, 0.6) is 5.88 Å². The molecule has 0 bridgehead atoms. The van der Waals surface area contributed by atoms with Gasteiger partial charge >= 0.3 is 0 Å². The van der Waals surface area contributed by atoms with E-state index in [2.05, 4.69) is 20.5 Å². The SMILES string of the molecule is COc1nc2ccc(Cl)cc2cc1C=NNC(=O)c1ccncc1. The quantitative estimate of drug-likeness (QED) is 0.585. The number of methoxy groups -OCH3 is 1. The van der Waals surface area contributed by atoms with E-state index in [9.17, 15) is 4.79 Å². The molecule has 1 amide bonds. The fourth-order valence-corrected chi connectivity index (χ4v) is 2.31. The lowest BCUT2D eigenvalue weighted by molar-refractivity contribution is 0.0955. The summed E-state index contributed by atoms with van der Waals surface area (Å²) in [5.41, 5.74) is 4.31. The van der Waals surface area contributed by atoms with E-state index in [-0.39, 0.29) is 5.91 Å². The van der Waals surface area contributed by atoms with Crippen molar-refractivity contribution in [2.24, 2.45) is 5.10 Å². The van der Waals surface area contributed by atoms with E-state index in [1.54, 1.807) is 36.7 Å². The Morgan fingerprint density at radius 1 is 1.25 bits per heavy atom. The first-order chi connectivity index (χ1) is 11.7. The summed E-state index contributed by atoms with van der Waals surface area (Å²) in [7, 11) is 1.52. The Morgan fingerprint density at radius 3 is 2.79 bits per heavy atom. The van der Waals surface area contributed by atoms with Crippen molar-refractivity contribution in [1.29, 1.82) is 0 Å². The van der Waals surface area contributed by atoms with E-state index in [1.807, 2.05) is 12.1 Å². The summed E-state index contributed by atoms with van der Waals surface area (Å²) in [4.78, 5) is 20.2. The smallest absolute Gasteiger partial charge is 0.271 e. The minimum absolute atomic E-state index is 0.329. The van der Waals surface area contributed by atoms with Crippen LogP contribution in [-0.4, -0.2) is 29.2 Å². The molecule has 0 atom stereocenters. The first kappa shape index (κ1) is 15.9. The number of benzene rings is 1. The molecule has 6 nitrogen and oxygen atoms in total. The number of hydrogen-bond acceptors (Lipinski definition) is 5. The zero-order chi connectivity index (χ0) is 16.9. The van der Waals surface area contributed by atoms with Crippen molar-refractivity contribution in [3.63, 3.8) is 0 Å². The van der Waals surface area contributed by atoms with Crippen LogP contribution in [0, 0.1) is 0 Å². The molecule has 3 aromatic rings. The third kappa shape index (κ3) is 3.49. The summed E-state index contributed by atoms with van der Waals surface area (Å²) in [5.74, 6) is 0.0798. The van der Waals surface area contributed by atoms with Gasteiger partial charge in [-0.3, -0.25) is 9.78 Å². The van der Waals surface area contributed by atoms with Crippen molar-refractivity contribution in [1.82, 2.24) is 15.4 Å². The molecule has 7 heteroatoms. The van der Waals surface area contributed by atoms with Gasteiger partial charge in [-0.2, -0.15) is 5.10 Å². The van der Waals surface area contributed by atoms with Crippen LogP contribution in [0.3, 0.4) is 0 Å². The van der Waals surface area contributed by atoms with Crippen molar-refractivity contribution in [3.8, 4) is 5.88 Å². The molecule has 0 saturated heterocycles. The van der Waals surface area contributed by atoms with Gasteiger partial charge in [0, 0.05) is 28.4 Å². The van der Waals surface area contributed by atoms with Gasteiger partial charge in [-0.05, 0) is 36.4 Å². The lowest BCUT2D eigenvalue weighted by atomic mass is 10.1. The Hall–Kier alpha value is -2.99. The van der Waals surface area contributed by atoms with E-state index in [0.29, 0.717) is 22.0 Å². The average molecular weight is 341 g/mol. The van der Waals surface area contributed by atoms with Crippen LogP contribution in [0.4, 0.5) is 0 Å². The zero-order valence-electron chi connectivity index (χ0n) is 12.7. The van der Waals surface area contributed by atoms with Crippen molar-refractivity contribution < 1.29 is 9.53 Å². The number of carbonyl (C=O) groups is 1. The molecule has 1 N–H and O–H groups in total. The number of aromatic nitrogens is 2. The number of rotatable bonds is 4. The number of hydrogen-bond donors (Lipinski definition) is 1. The second kappa shape index (κ2) is 7.06. The molecule has 0 fully saturated rings. The van der Waals surface area contributed by atoms with Crippen LogP contribution in [0.1, 0.15) is 15.9 Å². The van der Waals surface area contributed by atoms with Gasteiger partial charge in [0.15, 0.2) is 0 Å². The molecule has 0 aliphatic carbocycles. The topological polar surface area (TPSA) is 76.5 Å². The predicted octanol–water partition coefficient (Wildman–Crippen LogP) is 3.06. The van der Waals surface area contributed by atoms with E-state index >= 15 is 0 Å². The lowest BCUT2D eigenvalue weighted by Crippen LogP contribution is -2.17. The summed E-state index contributed by atoms with van der Waals surface area (Å²) in [6.45, 7) is 0. The molecule has 120 valence electrons. The number of fused-ring (bicyclic) bond motifs is 1. The van der Waals surface area contributed by atoms with Crippen LogP contribution in [-0.2, 0) is 0 Å². The Bertz CT molecular complexity index is 913. The Morgan fingerprint density at radius 2 is 2.04 bits per heavy atom. The maximum absolute atomic E-state index is 11.9. The Labute approximate surface area is 143 Å². The van der Waals surface area contributed by atoms with Crippen LogP contribution < -0.4 is 10.2 Å². The Balaban J connectivity index is 1.84. The maximum Gasteiger partial charge on any atom is 0.271 e. The highest BCUT2D eigenvalue weighted by Crippen LogP contribution is 2.23. The van der Waals surface area contributed by atoms with E-state index < -0.39 is 0 Å². The largest absolute Gasteiger partial charge is 0.481 e. The molecule has 2 heterocycles. The van der Waals surface area contributed by atoms with Gasteiger partial charge in [0.25, 0.3) is 5.91 Å². The van der Waals surface area contributed by atoms with Crippen molar-refractivity contribution in [2.75, 3.05) is 7.11 Å². The number of halogens is 1. The predicted molar refractivity (Wildman–Crippen MR) is 92.6 cm³/mol. The Kier molecular flexibility index (Phi) is 4.67. The van der Waals surface area contributed by atoms with Gasteiger partial charge < -0.3 is 4.74 Å². The molecule has 0 spiro atoms. The van der Waals surface area contributed by atoms with Gasteiger partial charge in [0.2, 0.25) is 5.88 Å². The molecule has 2 aromatic heterocycles. The molecule has 1 aromatic carbocycles. The molecule has 0 radical (unpaired) electrons. The van der Waals surface area contributed by atoms with Gasteiger partial charge in [-0.15, -0.1) is 0 Å². The van der Waals surface area contributed by atoms with Gasteiger partial charge in [0.1, 0.15) is 0 Å². The second-order valence-corrected chi connectivity index (χ2v) is 5.30. The van der Waals surface area contributed by atoms with Crippen LogP contribution in [0.15, 0.2) is 53.9 Å². The van der Waals surface area contributed by atoms with Crippen molar-refractivity contribution >= 4 is 34.6 Å². The fraction of sp³-hybridized carbons (Fsp3) is 0.0588. The molecular weight excluding hydrogens is 328 g/mol. The highest BCUT2D eigenvalue weighted by molar-refractivity contribution is 6.31. The van der Waals surface area contributed by atoms with E-state index in [1.165, 1.54) is 13.3 Å². The fourth-order valence-electron chi connectivity index (χ4n) is 2.13. The zero-order valence-corrected chi connectivity index (χ0v) is 13.5. The molecule has 24 heavy (non-hydrogen) atoms. The number of amides is 1. The number of carbonyl (C=O) groups excluding carboxylic acids is 1. The summed E-state index contributed by atoms with van der Waals surface area (Å²) < 4.78 is 5.27. The number of pyridine rings is 2. The van der Waals surface area contributed by atoms with Crippen LogP contribution in [0.25, 0.3) is 10.9 Å². The normalized spacial score (nSPS) is 10.9. The molecule has 0 saturated carbocycles. The molecule has 3 rings (SSSR count). The highest BCUT2D eigenvalue weighted by atomic mass is 35.5. The van der Waals surface area contributed by atoms with Crippen LogP contribution in [0.2, 0.25) is 5.02 Å². The lowest BCUT2D eigenvalue weighted by Gasteiger charge is -2.06. The van der Waals surface area contributed by atoms with Gasteiger partial charge in [-0.1, -0.05) is 11.6 Å². The number of ether oxygens (including phenoxy) is 1.